The lowest BCUT2D eigenvalue weighted by atomic mass is 9.83. The van der Waals surface area contributed by atoms with Gasteiger partial charge in [0.15, 0.2) is 0 Å². The predicted octanol–water partition coefficient (Wildman–Crippen LogP) is 6.81. The highest BCUT2D eigenvalue weighted by molar-refractivity contribution is 5.91. The first-order valence-electron chi connectivity index (χ1n) is 13.9. The van der Waals surface area contributed by atoms with Gasteiger partial charge >= 0.3 is 11.9 Å². The first-order chi connectivity index (χ1) is 20.2. The fourth-order valence-electron chi connectivity index (χ4n) is 5.75. The van der Waals surface area contributed by atoms with Gasteiger partial charge in [0.25, 0.3) is 0 Å². The molecule has 0 atom stereocenters. The third kappa shape index (κ3) is 5.19. The van der Waals surface area contributed by atoms with Crippen molar-refractivity contribution in [3.05, 3.63) is 119 Å². The Morgan fingerprint density at radius 2 is 1.17 bits per heavy atom. The molecule has 210 valence electrons. The van der Waals surface area contributed by atoms with Crippen molar-refractivity contribution < 1.29 is 29.3 Å². The van der Waals surface area contributed by atoms with Crippen molar-refractivity contribution in [3.8, 4) is 45.3 Å². The van der Waals surface area contributed by atoms with Crippen molar-refractivity contribution >= 4 is 11.9 Å². The standard InChI is InChI=1S/C36H30O6/c1-20(2)35(39)41-28-9-12-30-23(16-28)5-6-24-17-29(10-13-31(24)30)42-36(40)21(3)14-26-18-33-25(19-34(26)38)7-4-22-15-27(37)8-11-32(22)33/h8-13,15-19,37-38H,1,3-7,14H2,2H3. The van der Waals surface area contributed by atoms with Crippen molar-refractivity contribution in [1.82, 2.24) is 0 Å². The molecule has 0 unspecified atom stereocenters. The number of rotatable bonds is 6. The van der Waals surface area contributed by atoms with E-state index >= 15 is 0 Å². The molecule has 0 radical (unpaired) electrons. The van der Waals surface area contributed by atoms with Gasteiger partial charge in [0.05, 0.1) is 0 Å². The quantitative estimate of drug-likeness (QED) is 0.153. The summed E-state index contributed by atoms with van der Waals surface area (Å²) in [4.78, 5) is 24.9. The van der Waals surface area contributed by atoms with Crippen LogP contribution in [0.4, 0.5) is 0 Å². The lowest BCUT2D eigenvalue weighted by molar-refractivity contribution is -0.131. The molecular formula is C36H30O6. The van der Waals surface area contributed by atoms with E-state index in [0.29, 0.717) is 22.6 Å². The van der Waals surface area contributed by atoms with Gasteiger partial charge in [-0.3, -0.25) is 0 Å². The number of aromatic hydroxyl groups is 2. The summed E-state index contributed by atoms with van der Waals surface area (Å²) in [6, 6.07) is 20.1. The molecule has 6 rings (SSSR count). The van der Waals surface area contributed by atoms with E-state index in [9.17, 15) is 19.8 Å². The van der Waals surface area contributed by atoms with Crippen LogP contribution in [0.1, 0.15) is 34.7 Å². The molecule has 6 nitrogen and oxygen atoms in total. The van der Waals surface area contributed by atoms with Crippen molar-refractivity contribution in [3.63, 3.8) is 0 Å². The average Bonchev–Trinajstić information content (AvgIpc) is 2.97. The highest BCUT2D eigenvalue weighted by Crippen LogP contribution is 2.40. The van der Waals surface area contributed by atoms with Gasteiger partial charge in [-0.05, 0) is 131 Å². The van der Waals surface area contributed by atoms with Gasteiger partial charge in [0.2, 0.25) is 0 Å². The summed E-state index contributed by atoms with van der Waals surface area (Å²) in [5, 5.41) is 20.6. The molecule has 2 N–H and O–H groups in total. The molecule has 0 saturated carbocycles. The van der Waals surface area contributed by atoms with Crippen molar-refractivity contribution in [2.45, 2.75) is 39.0 Å². The van der Waals surface area contributed by atoms with Crippen LogP contribution in [-0.4, -0.2) is 22.2 Å². The van der Waals surface area contributed by atoms with Gasteiger partial charge in [-0.25, -0.2) is 9.59 Å². The molecule has 42 heavy (non-hydrogen) atoms. The third-order valence-electron chi connectivity index (χ3n) is 7.92. The normalized spacial score (nSPS) is 12.7. The average molecular weight is 559 g/mol. The van der Waals surface area contributed by atoms with Crippen LogP contribution in [0.3, 0.4) is 0 Å². The predicted molar refractivity (Wildman–Crippen MR) is 161 cm³/mol. The van der Waals surface area contributed by atoms with E-state index in [4.69, 9.17) is 9.47 Å². The summed E-state index contributed by atoms with van der Waals surface area (Å²) in [5.74, 6) is 0.260. The molecule has 4 aromatic rings. The zero-order valence-corrected chi connectivity index (χ0v) is 23.3. The van der Waals surface area contributed by atoms with E-state index in [0.717, 1.165) is 70.2 Å². The second-order valence-electron chi connectivity index (χ2n) is 11.0. The van der Waals surface area contributed by atoms with E-state index in [2.05, 4.69) is 13.2 Å². The molecule has 0 fully saturated rings. The summed E-state index contributed by atoms with van der Waals surface area (Å²) >= 11 is 0. The molecule has 4 aromatic carbocycles. The molecular weight excluding hydrogens is 528 g/mol. The number of benzene rings is 4. The Morgan fingerprint density at radius 1 is 0.667 bits per heavy atom. The van der Waals surface area contributed by atoms with E-state index < -0.39 is 11.9 Å². The Kier molecular flexibility index (Phi) is 6.91. The SMILES string of the molecule is C=C(C)C(=O)Oc1ccc2c(c1)CCc1cc(OC(=O)C(=C)Cc3cc4c(cc3O)CCc3cc(O)ccc3-4)ccc1-2. The number of hydrogen-bond acceptors (Lipinski definition) is 6. The molecule has 6 heteroatoms. The fourth-order valence-corrected chi connectivity index (χ4v) is 5.75. The smallest absolute Gasteiger partial charge is 0.339 e. The van der Waals surface area contributed by atoms with Gasteiger partial charge in [-0.2, -0.15) is 0 Å². The Balaban J connectivity index is 1.16. The summed E-state index contributed by atoms with van der Waals surface area (Å²) in [6.07, 6.45) is 3.18. The van der Waals surface area contributed by atoms with E-state index in [1.54, 1.807) is 37.3 Å². The van der Waals surface area contributed by atoms with E-state index in [1.807, 2.05) is 36.4 Å². The van der Waals surface area contributed by atoms with Crippen LogP contribution in [0, 0.1) is 0 Å². The van der Waals surface area contributed by atoms with Crippen LogP contribution in [-0.2, 0) is 41.7 Å². The van der Waals surface area contributed by atoms with Gasteiger partial charge < -0.3 is 19.7 Å². The number of carbonyl (C=O) groups is 2. The Bertz CT molecular complexity index is 1810. The maximum absolute atomic E-state index is 13.0. The van der Waals surface area contributed by atoms with Gasteiger partial charge in [-0.15, -0.1) is 0 Å². The molecule has 0 spiro atoms. The number of fused-ring (bicyclic) bond motifs is 6. The number of esters is 2. The van der Waals surface area contributed by atoms with Crippen LogP contribution in [0.5, 0.6) is 23.0 Å². The Labute approximate surface area is 244 Å². The van der Waals surface area contributed by atoms with Gasteiger partial charge in [0, 0.05) is 17.6 Å². The molecule has 0 amide bonds. The van der Waals surface area contributed by atoms with Crippen LogP contribution >= 0.6 is 0 Å². The van der Waals surface area contributed by atoms with Crippen LogP contribution in [0.15, 0.2) is 91.0 Å². The summed E-state index contributed by atoms with van der Waals surface area (Å²) < 4.78 is 11.1. The zero-order chi connectivity index (χ0) is 29.5. The number of ether oxygens (including phenoxy) is 2. The first-order valence-corrected chi connectivity index (χ1v) is 13.9. The van der Waals surface area contributed by atoms with Gasteiger partial charge in [0.1, 0.15) is 23.0 Å². The van der Waals surface area contributed by atoms with Crippen molar-refractivity contribution in [2.75, 3.05) is 0 Å². The van der Waals surface area contributed by atoms with Crippen LogP contribution < -0.4 is 9.47 Å². The molecule has 2 aliphatic rings. The molecule has 0 heterocycles. The minimum Gasteiger partial charge on any atom is -0.508 e. The highest BCUT2D eigenvalue weighted by Gasteiger charge is 2.22. The minimum absolute atomic E-state index is 0.120. The molecule has 0 aliphatic heterocycles. The van der Waals surface area contributed by atoms with Crippen molar-refractivity contribution in [2.24, 2.45) is 0 Å². The number of phenolic OH excluding ortho intramolecular Hbond substituents is 2. The second kappa shape index (κ2) is 10.7. The lowest BCUT2D eigenvalue weighted by Gasteiger charge is -2.22. The lowest BCUT2D eigenvalue weighted by Crippen LogP contribution is -2.13. The summed E-state index contributed by atoms with van der Waals surface area (Å²) in [6.45, 7) is 9.19. The monoisotopic (exact) mass is 558 g/mol. The number of hydrogen-bond donors (Lipinski definition) is 2. The Morgan fingerprint density at radius 3 is 1.76 bits per heavy atom. The second-order valence-corrected chi connectivity index (χ2v) is 11.0. The van der Waals surface area contributed by atoms with Crippen molar-refractivity contribution in [1.29, 1.82) is 0 Å². The van der Waals surface area contributed by atoms with Crippen LogP contribution in [0.2, 0.25) is 0 Å². The zero-order valence-electron chi connectivity index (χ0n) is 23.3. The maximum atomic E-state index is 13.0. The highest BCUT2D eigenvalue weighted by atomic mass is 16.5. The first kappa shape index (κ1) is 27.1. The van der Waals surface area contributed by atoms with Crippen LogP contribution in [0.25, 0.3) is 22.3 Å². The molecule has 0 saturated heterocycles. The largest absolute Gasteiger partial charge is 0.508 e. The molecule has 2 aliphatic carbocycles. The van der Waals surface area contributed by atoms with Gasteiger partial charge in [-0.1, -0.05) is 31.4 Å². The third-order valence-corrected chi connectivity index (χ3v) is 7.92. The topological polar surface area (TPSA) is 93.1 Å². The minimum atomic E-state index is -0.558. The fraction of sp³-hybridized carbons (Fsp3) is 0.167. The van der Waals surface area contributed by atoms with E-state index in [-0.39, 0.29) is 23.5 Å². The maximum Gasteiger partial charge on any atom is 0.339 e. The number of carbonyl (C=O) groups excluding carboxylic acids is 2. The molecule has 0 aromatic heterocycles. The molecule has 0 bridgehead atoms. The number of phenols is 2. The number of aryl methyl sites for hydroxylation is 4. The van der Waals surface area contributed by atoms with E-state index in [1.165, 1.54) is 0 Å². The summed E-state index contributed by atoms with van der Waals surface area (Å²) in [5.41, 5.74) is 9.48. The Hall–Kier alpha value is -5.10. The summed E-state index contributed by atoms with van der Waals surface area (Å²) in [7, 11) is 0.